The minimum atomic E-state index is 0.456. The Morgan fingerprint density at radius 1 is 1.23 bits per heavy atom. The molecule has 2 bridgehead atoms. The van der Waals surface area contributed by atoms with Crippen LogP contribution in [-0.4, -0.2) is 80.1 Å². The summed E-state index contributed by atoms with van der Waals surface area (Å²) < 4.78 is 7.47. The van der Waals surface area contributed by atoms with E-state index in [9.17, 15) is 0 Å². The Morgan fingerprint density at radius 3 is 2.83 bits per heavy atom. The van der Waals surface area contributed by atoms with Gasteiger partial charge in [-0.3, -0.25) is 9.58 Å². The zero-order valence-corrected chi connectivity index (χ0v) is 17.6. The Balaban J connectivity index is 1.57. The number of piperazine rings is 1. The number of aryl methyl sites for hydroxylation is 1. The molecule has 2 atom stereocenters. The highest BCUT2D eigenvalue weighted by atomic mass is 16.5. The van der Waals surface area contributed by atoms with E-state index in [0.29, 0.717) is 43.5 Å². The fraction of sp³-hybridized carbons (Fsp3) is 0.550. The van der Waals surface area contributed by atoms with Gasteiger partial charge in [-0.2, -0.15) is 10.1 Å². The molecule has 30 heavy (non-hydrogen) atoms. The van der Waals surface area contributed by atoms with E-state index in [2.05, 4.69) is 32.1 Å². The molecular weight excluding hydrogens is 382 g/mol. The van der Waals surface area contributed by atoms with Crippen LogP contribution in [0.1, 0.15) is 19.0 Å². The number of hydrogen-bond acceptors (Lipinski definition) is 9. The van der Waals surface area contributed by atoms with Crippen molar-refractivity contribution in [3.8, 4) is 0 Å². The Hall–Kier alpha value is -2.85. The third-order valence-corrected chi connectivity index (χ3v) is 6.00. The van der Waals surface area contributed by atoms with Crippen LogP contribution in [0, 0.1) is 6.92 Å². The van der Waals surface area contributed by atoms with Gasteiger partial charge in [0.1, 0.15) is 23.2 Å². The van der Waals surface area contributed by atoms with Gasteiger partial charge in [-0.15, -0.1) is 0 Å². The minimum absolute atomic E-state index is 0.456. The van der Waals surface area contributed by atoms with Crippen LogP contribution in [0.15, 0.2) is 18.6 Å². The lowest BCUT2D eigenvalue weighted by Crippen LogP contribution is -2.45. The highest BCUT2D eigenvalue weighted by molar-refractivity contribution is 5.90. The maximum atomic E-state index is 5.55. The van der Waals surface area contributed by atoms with Crippen LogP contribution in [-0.2, 0) is 11.3 Å². The molecule has 0 aromatic carbocycles. The lowest BCUT2D eigenvalue weighted by Gasteiger charge is -2.32. The zero-order chi connectivity index (χ0) is 20.7. The number of ether oxygens (including phenoxy) is 1. The van der Waals surface area contributed by atoms with Crippen molar-refractivity contribution in [1.82, 2.24) is 34.6 Å². The highest BCUT2D eigenvalue weighted by Gasteiger charge is 2.42. The molecule has 2 aliphatic heterocycles. The van der Waals surface area contributed by atoms with E-state index in [-0.39, 0.29) is 0 Å². The zero-order valence-electron chi connectivity index (χ0n) is 17.6. The molecule has 0 saturated carbocycles. The number of rotatable bonds is 7. The molecule has 2 fully saturated rings. The normalized spacial score (nSPS) is 21.1. The van der Waals surface area contributed by atoms with Crippen LogP contribution in [0.4, 0.5) is 17.6 Å². The average Bonchev–Trinajstić information content (AvgIpc) is 3.42. The second kappa shape index (κ2) is 7.77. The second-order valence-electron chi connectivity index (χ2n) is 7.93. The molecule has 1 N–H and O–H groups in total. The predicted octanol–water partition coefficient (Wildman–Crippen LogP) is 1.60. The molecule has 0 amide bonds. The predicted molar refractivity (Wildman–Crippen MR) is 114 cm³/mol. The van der Waals surface area contributed by atoms with Crippen LogP contribution in [0.25, 0.3) is 11.0 Å². The second-order valence-corrected chi connectivity index (χ2v) is 7.93. The SMILES string of the molecule is CCOCCn1nc(C)c2nc(N3C[C@@H]4C[C@H]3CN4C)nc(Nc3ccncn3)c21. The third-order valence-electron chi connectivity index (χ3n) is 6.00. The molecular formula is C20H27N9O. The molecule has 10 heteroatoms. The van der Waals surface area contributed by atoms with Gasteiger partial charge in [0.05, 0.1) is 18.8 Å². The van der Waals surface area contributed by atoms with Crippen LogP contribution in [0.3, 0.4) is 0 Å². The smallest absolute Gasteiger partial charge is 0.228 e. The van der Waals surface area contributed by atoms with Gasteiger partial charge in [0.15, 0.2) is 5.82 Å². The number of aromatic nitrogens is 6. The summed E-state index contributed by atoms with van der Waals surface area (Å²) in [7, 11) is 2.20. The van der Waals surface area contributed by atoms with Crippen molar-refractivity contribution in [2.45, 2.75) is 38.9 Å². The van der Waals surface area contributed by atoms with Crippen molar-refractivity contribution >= 4 is 28.6 Å². The van der Waals surface area contributed by atoms with Crippen molar-refractivity contribution in [3.05, 3.63) is 24.3 Å². The van der Waals surface area contributed by atoms with Gasteiger partial charge >= 0.3 is 0 Å². The molecule has 158 valence electrons. The van der Waals surface area contributed by atoms with Crippen molar-refractivity contribution in [2.75, 3.05) is 43.6 Å². The van der Waals surface area contributed by atoms with E-state index in [1.165, 1.54) is 12.7 Å². The summed E-state index contributed by atoms with van der Waals surface area (Å²) in [5.41, 5.74) is 2.62. The van der Waals surface area contributed by atoms with Gasteiger partial charge < -0.3 is 15.0 Å². The van der Waals surface area contributed by atoms with Crippen molar-refractivity contribution in [2.24, 2.45) is 0 Å². The molecule has 2 saturated heterocycles. The summed E-state index contributed by atoms with van der Waals surface area (Å²) in [6.07, 6.45) is 4.40. The fourth-order valence-corrected chi connectivity index (χ4v) is 4.49. The maximum Gasteiger partial charge on any atom is 0.228 e. The first-order chi connectivity index (χ1) is 14.6. The van der Waals surface area contributed by atoms with E-state index in [1.54, 1.807) is 6.20 Å². The maximum absolute atomic E-state index is 5.55. The number of anilines is 3. The van der Waals surface area contributed by atoms with Crippen LogP contribution in [0.2, 0.25) is 0 Å². The summed E-state index contributed by atoms with van der Waals surface area (Å²) in [6, 6.07) is 2.86. The molecule has 0 radical (unpaired) electrons. The van der Waals surface area contributed by atoms with Crippen LogP contribution in [0.5, 0.6) is 0 Å². The monoisotopic (exact) mass is 409 g/mol. The first-order valence-electron chi connectivity index (χ1n) is 10.5. The Kier molecular flexibility index (Phi) is 4.95. The summed E-state index contributed by atoms with van der Waals surface area (Å²) in [6.45, 7) is 7.89. The molecule has 3 aromatic rings. The van der Waals surface area contributed by atoms with Gasteiger partial charge in [0.25, 0.3) is 0 Å². The molecule has 3 aromatic heterocycles. The fourth-order valence-electron chi connectivity index (χ4n) is 4.49. The van der Waals surface area contributed by atoms with Crippen LogP contribution >= 0.6 is 0 Å². The van der Waals surface area contributed by atoms with Gasteiger partial charge in [-0.05, 0) is 33.4 Å². The topological polar surface area (TPSA) is 97.1 Å². The van der Waals surface area contributed by atoms with Gasteiger partial charge in [-0.1, -0.05) is 0 Å². The van der Waals surface area contributed by atoms with Gasteiger partial charge in [0.2, 0.25) is 5.95 Å². The van der Waals surface area contributed by atoms with Crippen LogP contribution < -0.4 is 10.2 Å². The number of likely N-dealkylation sites (tertiary alicyclic amines) is 1. The Morgan fingerprint density at radius 2 is 2.13 bits per heavy atom. The number of hydrogen-bond donors (Lipinski definition) is 1. The van der Waals surface area contributed by atoms with Crippen molar-refractivity contribution in [1.29, 1.82) is 0 Å². The summed E-state index contributed by atoms with van der Waals surface area (Å²) in [5, 5.41) is 8.09. The molecule has 5 heterocycles. The molecule has 0 spiro atoms. The van der Waals surface area contributed by atoms with Gasteiger partial charge in [-0.25, -0.2) is 15.0 Å². The van der Waals surface area contributed by atoms with E-state index in [0.717, 1.165) is 35.8 Å². The number of fused-ring (bicyclic) bond motifs is 3. The first-order valence-corrected chi connectivity index (χ1v) is 10.5. The highest BCUT2D eigenvalue weighted by Crippen LogP contribution is 2.35. The lowest BCUT2D eigenvalue weighted by molar-refractivity contribution is 0.137. The first kappa shape index (κ1) is 19.1. The minimum Gasteiger partial charge on any atom is -0.380 e. The Labute approximate surface area is 175 Å². The summed E-state index contributed by atoms with van der Waals surface area (Å²) >= 11 is 0. The van der Waals surface area contributed by atoms with Gasteiger partial charge in [0, 0.05) is 38.0 Å². The number of nitrogens with one attached hydrogen (secondary N) is 1. The quantitative estimate of drug-likeness (QED) is 0.584. The van der Waals surface area contributed by atoms with E-state index >= 15 is 0 Å². The third kappa shape index (κ3) is 3.35. The molecule has 10 nitrogen and oxygen atoms in total. The number of nitrogens with zero attached hydrogens (tertiary/aromatic N) is 8. The largest absolute Gasteiger partial charge is 0.380 e. The van der Waals surface area contributed by atoms with E-state index in [4.69, 9.17) is 19.8 Å². The van der Waals surface area contributed by atoms with Crippen molar-refractivity contribution in [3.63, 3.8) is 0 Å². The average molecular weight is 409 g/mol. The molecule has 0 aliphatic carbocycles. The summed E-state index contributed by atoms with van der Waals surface area (Å²) in [4.78, 5) is 23.0. The van der Waals surface area contributed by atoms with E-state index in [1.807, 2.05) is 24.6 Å². The van der Waals surface area contributed by atoms with E-state index < -0.39 is 0 Å². The molecule has 5 rings (SSSR count). The standard InChI is InChI=1S/C20H27N9O/c1-4-30-8-7-29-18-17(13(2)26-29)24-20(28-11-14-9-15(28)10-27(14)3)25-19(18)23-16-5-6-21-12-22-16/h5-6,12,14-15H,4,7-11H2,1-3H3,(H,21,22,23,24,25)/t14-,15-/m0/s1. The molecule has 2 aliphatic rings. The summed E-state index contributed by atoms with van der Waals surface area (Å²) in [5.74, 6) is 2.16. The Bertz CT molecular complexity index is 1040. The lowest BCUT2D eigenvalue weighted by atomic mass is 10.2. The van der Waals surface area contributed by atoms with Crippen molar-refractivity contribution < 1.29 is 4.74 Å². The molecule has 0 unspecified atom stereocenters. The number of likely N-dealkylation sites (N-methyl/N-ethyl adjacent to an activating group) is 1.